The number of nitrogens with zero attached hydrogens (tertiary/aromatic N) is 5. The Morgan fingerprint density at radius 3 is 2.90 bits per heavy atom. The zero-order valence-corrected chi connectivity index (χ0v) is 11.4. The number of aromatic nitrogens is 3. The Balaban J connectivity index is 1.52. The molecule has 0 aliphatic carbocycles. The van der Waals surface area contributed by atoms with Crippen LogP contribution in [0.2, 0.25) is 0 Å². The predicted molar refractivity (Wildman–Crippen MR) is 71.8 cm³/mol. The maximum absolute atomic E-state index is 12.2. The molecule has 1 amide bonds. The summed E-state index contributed by atoms with van der Waals surface area (Å²) in [6.45, 7) is 5.33. The molecule has 0 bridgehead atoms. The molecule has 0 radical (unpaired) electrons. The van der Waals surface area contributed by atoms with Gasteiger partial charge in [-0.05, 0) is 6.42 Å². The molecular weight excluding hydrogens is 260 g/mol. The largest absolute Gasteiger partial charge is 0.379 e. The van der Waals surface area contributed by atoms with E-state index in [9.17, 15) is 4.79 Å². The van der Waals surface area contributed by atoms with Gasteiger partial charge in [-0.15, -0.1) is 5.10 Å². The van der Waals surface area contributed by atoms with Gasteiger partial charge in [0.2, 0.25) is 11.9 Å². The minimum absolute atomic E-state index is 0.0747. The number of nitrogens with two attached hydrogens (primary N) is 1. The van der Waals surface area contributed by atoms with Crippen molar-refractivity contribution in [2.24, 2.45) is 0 Å². The van der Waals surface area contributed by atoms with Crippen molar-refractivity contribution in [2.45, 2.75) is 19.0 Å². The molecule has 8 nitrogen and oxygen atoms in total. The highest BCUT2D eigenvalue weighted by molar-refractivity contribution is 5.76. The molecule has 1 aromatic rings. The Kier molecular flexibility index (Phi) is 3.83. The van der Waals surface area contributed by atoms with Crippen molar-refractivity contribution in [3.63, 3.8) is 0 Å². The van der Waals surface area contributed by atoms with E-state index in [1.165, 1.54) is 11.0 Å². The maximum Gasteiger partial charge on any atom is 0.244 e. The van der Waals surface area contributed by atoms with E-state index >= 15 is 0 Å². The molecule has 1 unspecified atom stereocenters. The predicted octanol–water partition coefficient (Wildman–Crippen LogP) is -1.21. The summed E-state index contributed by atoms with van der Waals surface area (Å²) in [5, 5.41) is 3.94. The van der Waals surface area contributed by atoms with E-state index in [4.69, 9.17) is 10.5 Å². The number of hydrogen-bond donors (Lipinski definition) is 1. The topological polar surface area (TPSA) is 89.5 Å². The molecular formula is C12H20N6O2. The first-order valence-electron chi connectivity index (χ1n) is 6.97. The molecule has 3 heterocycles. The number of carbonyl (C=O) groups excluding carboxylic acids is 1. The monoisotopic (exact) mass is 280 g/mol. The molecule has 0 saturated carbocycles. The fourth-order valence-corrected chi connectivity index (χ4v) is 2.83. The van der Waals surface area contributed by atoms with Crippen LogP contribution in [0.3, 0.4) is 0 Å². The van der Waals surface area contributed by atoms with Crippen LogP contribution in [0.15, 0.2) is 6.33 Å². The fourth-order valence-electron chi connectivity index (χ4n) is 2.83. The molecule has 20 heavy (non-hydrogen) atoms. The van der Waals surface area contributed by atoms with Crippen molar-refractivity contribution >= 4 is 11.9 Å². The number of nitrogen functional groups attached to an aromatic ring is 1. The molecule has 2 aliphatic heterocycles. The number of anilines is 1. The lowest BCUT2D eigenvalue weighted by molar-refractivity contribution is -0.131. The molecule has 0 aromatic carbocycles. The summed E-state index contributed by atoms with van der Waals surface area (Å²) in [7, 11) is 0. The van der Waals surface area contributed by atoms with Gasteiger partial charge in [-0.25, -0.2) is 9.67 Å². The average Bonchev–Trinajstić information content (AvgIpc) is 3.09. The van der Waals surface area contributed by atoms with E-state index in [0.717, 1.165) is 45.8 Å². The number of hydrogen-bond acceptors (Lipinski definition) is 6. The van der Waals surface area contributed by atoms with Gasteiger partial charge in [0.1, 0.15) is 12.9 Å². The summed E-state index contributed by atoms with van der Waals surface area (Å²) in [4.78, 5) is 20.3. The van der Waals surface area contributed by atoms with Crippen molar-refractivity contribution in [1.82, 2.24) is 24.6 Å². The van der Waals surface area contributed by atoms with Crippen LogP contribution in [0.25, 0.3) is 0 Å². The molecule has 2 aliphatic rings. The number of likely N-dealkylation sites (tertiary alicyclic amines) is 1. The summed E-state index contributed by atoms with van der Waals surface area (Å²) < 4.78 is 6.85. The molecule has 1 atom stereocenters. The normalized spacial score (nSPS) is 24.2. The van der Waals surface area contributed by atoms with E-state index in [2.05, 4.69) is 15.0 Å². The molecule has 2 fully saturated rings. The highest BCUT2D eigenvalue weighted by atomic mass is 16.5. The zero-order chi connectivity index (χ0) is 13.9. The third-order valence-electron chi connectivity index (χ3n) is 3.93. The third kappa shape index (κ3) is 2.91. The maximum atomic E-state index is 12.2. The highest BCUT2D eigenvalue weighted by Crippen LogP contribution is 2.17. The van der Waals surface area contributed by atoms with Gasteiger partial charge < -0.3 is 15.4 Å². The van der Waals surface area contributed by atoms with E-state index in [1.807, 2.05) is 4.90 Å². The first-order chi connectivity index (χ1) is 9.72. The standard InChI is InChI=1S/C12H20N6O2/c13-12-14-9-18(15-12)8-11(19)17-2-1-10(7-17)16-3-5-20-6-4-16/h9-10H,1-8H2,(H2,13,15). The summed E-state index contributed by atoms with van der Waals surface area (Å²) >= 11 is 0. The number of carbonyl (C=O) groups is 1. The second-order valence-electron chi connectivity index (χ2n) is 5.23. The van der Waals surface area contributed by atoms with Crippen LogP contribution in [0, 0.1) is 0 Å². The van der Waals surface area contributed by atoms with Crippen LogP contribution in [0.5, 0.6) is 0 Å². The third-order valence-corrected chi connectivity index (χ3v) is 3.93. The molecule has 2 saturated heterocycles. The second-order valence-corrected chi connectivity index (χ2v) is 5.23. The Labute approximate surface area is 117 Å². The van der Waals surface area contributed by atoms with Crippen LogP contribution in [-0.2, 0) is 16.1 Å². The lowest BCUT2D eigenvalue weighted by atomic mass is 10.2. The number of ether oxygens (including phenoxy) is 1. The second kappa shape index (κ2) is 5.76. The SMILES string of the molecule is Nc1ncn(CC(=O)N2CCC(N3CCOCC3)C2)n1. The molecule has 2 N–H and O–H groups in total. The van der Waals surface area contributed by atoms with Gasteiger partial charge in [0, 0.05) is 32.2 Å². The summed E-state index contributed by atoms with van der Waals surface area (Å²) in [6, 6.07) is 0.462. The summed E-state index contributed by atoms with van der Waals surface area (Å²) in [5.41, 5.74) is 5.44. The first-order valence-corrected chi connectivity index (χ1v) is 6.97. The molecule has 0 spiro atoms. The van der Waals surface area contributed by atoms with Crippen molar-refractivity contribution in [3.05, 3.63) is 6.33 Å². The molecule has 3 rings (SSSR count). The van der Waals surface area contributed by atoms with E-state index in [-0.39, 0.29) is 18.4 Å². The van der Waals surface area contributed by atoms with Gasteiger partial charge in [0.05, 0.1) is 13.2 Å². The average molecular weight is 280 g/mol. The molecule has 110 valence electrons. The van der Waals surface area contributed by atoms with Gasteiger partial charge in [0.25, 0.3) is 0 Å². The Morgan fingerprint density at radius 1 is 1.40 bits per heavy atom. The van der Waals surface area contributed by atoms with Crippen molar-refractivity contribution in [3.8, 4) is 0 Å². The Bertz CT molecular complexity index is 470. The first kappa shape index (κ1) is 13.3. The van der Waals surface area contributed by atoms with Crippen LogP contribution >= 0.6 is 0 Å². The minimum atomic E-state index is 0.0747. The van der Waals surface area contributed by atoms with Gasteiger partial charge in [-0.2, -0.15) is 0 Å². The van der Waals surface area contributed by atoms with Crippen molar-refractivity contribution in [2.75, 3.05) is 45.1 Å². The quantitative estimate of drug-likeness (QED) is 0.747. The van der Waals surface area contributed by atoms with Crippen LogP contribution < -0.4 is 5.73 Å². The highest BCUT2D eigenvalue weighted by Gasteiger charge is 2.31. The minimum Gasteiger partial charge on any atom is -0.379 e. The van der Waals surface area contributed by atoms with Gasteiger partial charge in [-0.1, -0.05) is 0 Å². The van der Waals surface area contributed by atoms with E-state index < -0.39 is 0 Å². The Hall–Kier alpha value is -1.67. The van der Waals surface area contributed by atoms with Crippen LogP contribution in [0.1, 0.15) is 6.42 Å². The lowest BCUT2D eigenvalue weighted by Crippen LogP contribution is -2.45. The van der Waals surface area contributed by atoms with Gasteiger partial charge >= 0.3 is 0 Å². The van der Waals surface area contributed by atoms with Crippen molar-refractivity contribution < 1.29 is 9.53 Å². The van der Waals surface area contributed by atoms with Gasteiger partial charge in [0.15, 0.2) is 0 Å². The van der Waals surface area contributed by atoms with Gasteiger partial charge in [-0.3, -0.25) is 9.69 Å². The smallest absolute Gasteiger partial charge is 0.244 e. The number of morpholine rings is 1. The van der Waals surface area contributed by atoms with Crippen LogP contribution in [-0.4, -0.2) is 75.9 Å². The van der Waals surface area contributed by atoms with E-state index in [0.29, 0.717) is 6.04 Å². The summed E-state index contributed by atoms with van der Waals surface area (Å²) in [5.74, 6) is 0.274. The molecule has 1 aromatic heterocycles. The molecule has 8 heteroatoms. The zero-order valence-electron chi connectivity index (χ0n) is 11.4. The van der Waals surface area contributed by atoms with Crippen LogP contribution in [0.4, 0.5) is 5.95 Å². The number of rotatable bonds is 3. The Morgan fingerprint density at radius 2 is 2.20 bits per heavy atom. The lowest BCUT2D eigenvalue weighted by Gasteiger charge is -2.32. The van der Waals surface area contributed by atoms with Crippen molar-refractivity contribution in [1.29, 1.82) is 0 Å². The summed E-state index contributed by atoms with van der Waals surface area (Å²) in [6.07, 6.45) is 2.52. The number of amides is 1. The fraction of sp³-hybridized carbons (Fsp3) is 0.750. The van der Waals surface area contributed by atoms with E-state index in [1.54, 1.807) is 0 Å².